The summed E-state index contributed by atoms with van der Waals surface area (Å²) in [5.74, 6) is 0. The van der Waals surface area contributed by atoms with Crippen LogP contribution in [0, 0.1) is 0 Å². The topological polar surface area (TPSA) is 29.4 Å². The highest BCUT2D eigenvalue weighted by Gasteiger charge is 2.19. The van der Waals surface area contributed by atoms with Crippen LogP contribution in [0.5, 0.6) is 0 Å². The van der Waals surface area contributed by atoms with Gasteiger partial charge in [0.2, 0.25) is 0 Å². The minimum atomic E-state index is -1.10. The standard InChI is InChI=1S/C13H16BrNOS/c1-3-9(2)17(16)15-13-7-5-10-4-6-11(14)8-12(10)13/h4,6,8-9H,3,5,7H2,1-2H3/t9-,17?/m1/s1. The lowest BCUT2D eigenvalue weighted by Crippen LogP contribution is -2.09. The number of hydrogen-bond acceptors (Lipinski definition) is 1. The van der Waals surface area contributed by atoms with E-state index in [1.165, 1.54) is 5.56 Å². The summed E-state index contributed by atoms with van der Waals surface area (Å²) in [7, 11) is -1.10. The van der Waals surface area contributed by atoms with Crippen molar-refractivity contribution in [1.29, 1.82) is 0 Å². The predicted octanol–water partition coefficient (Wildman–Crippen LogP) is 3.65. The van der Waals surface area contributed by atoms with Gasteiger partial charge in [0.15, 0.2) is 0 Å². The van der Waals surface area contributed by atoms with Gasteiger partial charge in [-0.15, -0.1) is 0 Å². The van der Waals surface area contributed by atoms with E-state index in [4.69, 9.17) is 0 Å². The zero-order valence-electron chi connectivity index (χ0n) is 10.1. The number of hydrogen-bond donors (Lipinski definition) is 0. The van der Waals surface area contributed by atoms with Gasteiger partial charge in [0, 0.05) is 10.0 Å². The molecular formula is C13H16BrNOS. The number of fused-ring (bicyclic) bond motifs is 1. The normalized spacial score (nSPS) is 20.3. The van der Waals surface area contributed by atoms with Gasteiger partial charge >= 0.3 is 0 Å². The van der Waals surface area contributed by atoms with Crippen molar-refractivity contribution < 1.29 is 4.21 Å². The van der Waals surface area contributed by atoms with Gasteiger partial charge in [-0.1, -0.05) is 28.9 Å². The van der Waals surface area contributed by atoms with Crippen molar-refractivity contribution in [3.05, 3.63) is 33.8 Å². The Balaban J connectivity index is 2.30. The molecule has 4 heteroatoms. The first-order valence-corrected chi connectivity index (χ1v) is 7.85. The van der Waals surface area contributed by atoms with E-state index >= 15 is 0 Å². The third-order valence-electron chi connectivity index (χ3n) is 3.13. The Labute approximate surface area is 113 Å². The van der Waals surface area contributed by atoms with E-state index in [1.54, 1.807) is 0 Å². The predicted molar refractivity (Wildman–Crippen MR) is 76.9 cm³/mol. The number of aryl methyl sites for hydroxylation is 1. The number of rotatable bonds is 3. The SMILES string of the molecule is CC[C@@H](C)S(=O)N=C1CCc2ccc(Br)cc21. The molecule has 0 fully saturated rings. The van der Waals surface area contributed by atoms with Crippen LogP contribution in [0.2, 0.25) is 0 Å². The van der Waals surface area contributed by atoms with Crippen molar-refractivity contribution in [3.63, 3.8) is 0 Å². The van der Waals surface area contributed by atoms with E-state index in [9.17, 15) is 4.21 Å². The molecule has 2 atom stereocenters. The van der Waals surface area contributed by atoms with Gasteiger partial charge in [0.25, 0.3) is 0 Å². The summed E-state index contributed by atoms with van der Waals surface area (Å²) in [6.07, 6.45) is 2.82. The molecule has 1 unspecified atom stereocenters. The fourth-order valence-electron chi connectivity index (χ4n) is 1.86. The van der Waals surface area contributed by atoms with Gasteiger partial charge in [-0.05, 0) is 43.9 Å². The second-order valence-electron chi connectivity index (χ2n) is 4.33. The molecule has 0 aromatic heterocycles. The molecule has 17 heavy (non-hydrogen) atoms. The molecule has 1 aliphatic rings. The molecule has 92 valence electrons. The first kappa shape index (κ1) is 13.0. The molecular weight excluding hydrogens is 298 g/mol. The summed E-state index contributed by atoms with van der Waals surface area (Å²) in [5.41, 5.74) is 3.48. The molecule has 2 rings (SSSR count). The zero-order chi connectivity index (χ0) is 12.4. The van der Waals surface area contributed by atoms with E-state index in [-0.39, 0.29) is 5.25 Å². The summed E-state index contributed by atoms with van der Waals surface area (Å²) in [4.78, 5) is 0. The maximum atomic E-state index is 11.9. The van der Waals surface area contributed by atoms with Gasteiger partial charge in [-0.2, -0.15) is 4.40 Å². The Morgan fingerprint density at radius 3 is 2.94 bits per heavy atom. The highest BCUT2D eigenvalue weighted by molar-refractivity contribution is 9.10. The van der Waals surface area contributed by atoms with Crippen molar-refractivity contribution in [3.8, 4) is 0 Å². The van der Waals surface area contributed by atoms with E-state index in [0.29, 0.717) is 0 Å². The molecule has 1 aromatic rings. The third-order valence-corrected chi connectivity index (χ3v) is 5.05. The van der Waals surface area contributed by atoms with E-state index in [0.717, 1.165) is 35.0 Å². The summed E-state index contributed by atoms with van der Waals surface area (Å²) in [6.45, 7) is 4.03. The van der Waals surface area contributed by atoms with Crippen LogP contribution in [0.3, 0.4) is 0 Å². The van der Waals surface area contributed by atoms with Crippen molar-refractivity contribution in [2.24, 2.45) is 4.40 Å². The van der Waals surface area contributed by atoms with E-state index in [2.05, 4.69) is 32.5 Å². The minimum absolute atomic E-state index is 0.138. The van der Waals surface area contributed by atoms with Gasteiger partial charge in [0.05, 0.1) is 11.0 Å². The molecule has 1 aliphatic carbocycles. The summed E-state index contributed by atoms with van der Waals surface area (Å²) >= 11 is 3.47. The molecule has 0 spiro atoms. The molecule has 0 heterocycles. The van der Waals surface area contributed by atoms with Gasteiger partial charge in [-0.3, -0.25) is 0 Å². The van der Waals surface area contributed by atoms with Gasteiger partial charge < -0.3 is 0 Å². The van der Waals surface area contributed by atoms with Gasteiger partial charge in [-0.25, -0.2) is 4.21 Å². The lowest BCUT2D eigenvalue weighted by atomic mass is 10.1. The highest BCUT2D eigenvalue weighted by atomic mass is 79.9. The van der Waals surface area contributed by atoms with E-state index < -0.39 is 11.0 Å². The smallest absolute Gasteiger partial charge is 0.142 e. The zero-order valence-corrected chi connectivity index (χ0v) is 12.5. The molecule has 2 nitrogen and oxygen atoms in total. The lowest BCUT2D eigenvalue weighted by molar-refractivity contribution is 0.672. The lowest BCUT2D eigenvalue weighted by Gasteiger charge is -2.05. The quantitative estimate of drug-likeness (QED) is 0.837. The maximum absolute atomic E-state index is 11.9. The third kappa shape index (κ3) is 2.86. The number of nitrogens with zero attached hydrogens (tertiary/aromatic N) is 1. The molecule has 0 radical (unpaired) electrons. The molecule has 0 bridgehead atoms. The first-order chi connectivity index (χ1) is 8.11. The Bertz CT molecular complexity index is 484. The van der Waals surface area contributed by atoms with Crippen LogP contribution in [0.15, 0.2) is 27.1 Å². The van der Waals surface area contributed by atoms with Crippen LogP contribution < -0.4 is 0 Å². The van der Waals surface area contributed by atoms with Crippen LogP contribution in [-0.4, -0.2) is 15.2 Å². The van der Waals surface area contributed by atoms with Crippen molar-refractivity contribution >= 4 is 32.6 Å². The van der Waals surface area contributed by atoms with Crippen molar-refractivity contribution in [1.82, 2.24) is 0 Å². The van der Waals surface area contributed by atoms with Crippen LogP contribution >= 0.6 is 15.9 Å². The monoisotopic (exact) mass is 313 g/mol. The Hall–Kier alpha value is -0.480. The average Bonchev–Trinajstić information content (AvgIpc) is 2.71. The largest absolute Gasteiger partial charge is 0.235 e. The second-order valence-corrected chi connectivity index (χ2v) is 6.79. The summed E-state index contributed by atoms with van der Waals surface area (Å²) < 4.78 is 17.4. The van der Waals surface area contributed by atoms with Crippen molar-refractivity contribution in [2.45, 2.75) is 38.4 Å². The van der Waals surface area contributed by atoms with Crippen LogP contribution in [-0.2, 0) is 17.4 Å². The minimum Gasteiger partial charge on any atom is -0.235 e. The highest BCUT2D eigenvalue weighted by Crippen LogP contribution is 2.26. The Kier molecular flexibility index (Phi) is 4.15. The summed E-state index contributed by atoms with van der Waals surface area (Å²) in [6, 6.07) is 6.25. The molecule has 0 amide bonds. The number of benzene rings is 1. The fraction of sp³-hybridized carbons (Fsp3) is 0.462. The van der Waals surface area contributed by atoms with Crippen molar-refractivity contribution in [2.75, 3.05) is 0 Å². The second kappa shape index (κ2) is 5.44. The molecule has 0 saturated heterocycles. The Morgan fingerprint density at radius 1 is 1.47 bits per heavy atom. The molecule has 0 saturated carbocycles. The van der Waals surface area contributed by atoms with Crippen LogP contribution in [0.25, 0.3) is 0 Å². The average molecular weight is 314 g/mol. The molecule has 1 aromatic carbocycles. The number of halogens is 1. The molecule has 0 N–H and O–H groups in total. The molecule has 0 aliphatic heterocycles. The van der Waals surface area contributed by atoms with Crippen LogP contribution in [0.4, 0.5) is 0 Å². The Morgan fingerprint density at radius 2 is 2.24 bits per heavy atom. The van der Waals surface area contributed by atoms with Gasteiger partial charge in [0.1, 0.15) is 11.0 Å². The first-order valence-electron chi connectivity index (χ1n) is 5.89. The maximum Gasteiger partial charge on any atom is 0.142 e. The summed E-state index contributed by atoms with van der Waals surface area (Å²) in [5, 5.41) is 0.138. The fourth-order valence-corrected chi connectivity index (χ4v) is 3.09. The van der Waals surface area contributed by atoms with Crippen LogP contribution in [0.1, 0.15) is 37.8 Å². The van der Waals surface area contributed by atoms with E-state index in [1.807, 2.05) is 19.9 Å².